The highest BCUT2D eigenvalue weighted by atomic mass is 16.2. The van der Waals surface area contributed by atoms with E-state index in [-0.39, 0.29) is 11.8 Å². The zero-order chi connectivity index (χ0) is 12.3. The van der Waals surface area contributed by atoms with E-state index in [0.29, 0.717) is 12.0 Å². The van der Waals surface area contributed by atoms with Gasteiger partial charge in [0.1, 0.15) is 0 Å². The molecule has 3 heteroatoms. The summed E-state index contributed by atoms with van der Waals surface area (Å²) < 4.78 is 0. The van der Waals surface area contributed by atoms with Gasteiger partial charge in [-0.15, -0.1) is 0 Å². The topological polar surface area (TPSA) is 46.2 Å². The van der Waals surface area contributed by atoms with Crippen molar-refractivity contribution in [1.29, 1.82) is 0 Å². The summed E-state index contributed by atoms with van der Waals surface area (Å²) in [6.45, 7) is 9.10. The van der Waals surface area contributed by atoms with E-state index >= 15 is 0 Å². The van der Waals surface area contributed by atoms with Gasteiger partial charge in [-0.3, -0.25) is 14.9 Å². The molecule has 0 saturated carbocycles. The minimum absolute atomic E-state index is 0.232. The monoisotopic (exact) mass is 219 g/mol. The first-order valence-electron chi connectivity index (χ1n) is 5.26. The van der Waals surface area contributed by atoms with Gasteiger partial charge < -0.3 is 0 Å². The van der Waals surface area contributed by atoms with E-state index < -0.39 is 5.41 Å². The third kappa shape index (κ3) is 2.30. The van der Waals surface area contributed by atoms with Crippen molar-refractivity contribution in [2.75, 3.05) is 0 Å². The van der Waals surface area contributed by atoms with Crippen LogP contribution in [0.5, 0.6) is 0 Å². The summed E-state index contributed by atoms with van der Waals surface area (Å²) in [6.07, 6.45) is 5.62. The van der Waals surface area contributed by atoms with Crippen LogP contribution in [-0.2, 0) is 9.59 Å². The second-order valence-electron chi connectivity index (χ2n) is 4.47. The van der Waals surface area contributed by atoms with E-state index in [1.807, 2.05) is 26.8 Å². The Labute approximate surface area is 95.9 Å². The molecular weight excluding hydrogens is 202 g/mol. The zero-order valence-corrected chi connectivity index (χ0v) is 9.96. The SMILES string of the molecule is C=C/C=C1/C(=O)NC(=O)C(C)(C)C/C1=C/C. The first-order chi connectivity index (χ1) is 7.42. The van der Waals surface area contributed by atoms with Gasteiger partial charge in [-0.2, -0.15) is 0 Å². The number of amides is 2. The highest BCUT2D eigenvalue weighted by Crippen LogP contribution is 2.32. The number of hydrogen-bond donors (Lipinski definition) is 1. The minimum atomic E-state index is -0.561. The third-order valence-corrected chi connectivity index (χ3v) is 2.70. The molecule has 0 radical (unpaired) electrons. The molecule has 0 aromatic rings. The van der Waals surface area contributed by atoms with Crippen molar-refractivity contribution in [1.82, 2.24) is 5.32 Å². The summed E-state index contributed by atoms with van der Waals surface area (Å²) in [4.78, 5) is 23.5. The second-order valence-corrected chi connectivity index (χ2v) is 4.47. The van der Waals surface area contributed by atoms with Crippen LogP contribution in [0.25, 0.3) is 0 Å². The van der Waals surface area contributed by atoms with Crippen molar-refractivity contribution in [2.45, 2.75) is 27.2 Å². The Morgan fingerprint density at radius 3 is 2.50 bits per heavy atom. The molecule has 1 heterocycles. The highest BCUT2D eigenvalue weighted by molar-refractivity contribution is 6.09. The normalized spacial score (nSPS) is 25.4. The van der Waals surface area contributed by atoms with Crippen LogP contribution in [-0.4, -0.2) is 11.8 Å². The molecule has 0 atom stereocenters. The molecule has 0 unspecified atom stereocenters. The van der Waals surface area contributed by atoms with Crippen molar-refractivity contribution >= 4 is 11.8 Å². The van der Waals surface area contributed by atoms with E-state index in [1.165, 1.54) is 0 Å². The zero-order valence-electron chi connectivity index (χ0n) is 9.96. The van der Waals surface area contributed by atoms with Crippen LogP contribution in [0.4, 0.5) is 0 Å². The molecule has 1 aliphatic rings. The Balaban J connectivity index is 3.25. The molecule has 1 N–H and O–H groups in total. The molecule has 1 saturated heterocycles. The van der Waals surface area contributed by atoms with Crippen molar-refractivity contribution in [3.05, 3.63) is 36.0 Å². The van der Waals surface area contributed by atoms with Gasteiger partial charge in [0, 0.05) is 11.0 Å². The highest BCUT2D eigenvalue weighted by Gasteiger charge is 2.35. The van der Waals surface area contributed by atoms with Crippen LogP contribution in [0.3, 0.4) is 0 Å². The van der Waals surface area contributed by atoms with Crippen molar-refractivity contribution in [3.8, 4) is 0 Å². The van der Waals surface area contributed by atoms with E-state index in [0.717, 1.165) is 5.57 Å². The number of imide groups is 1. The van der Waals surface area contributed by atoms with Crippen LogP contribution in [0.1, 0.15) is 27.2 Å². The maximum Gasteiger partial charge on any atom is 0.258 e. The fourth-order valence-electron chi connectivity index (χ4n) is 1.70. The molecule has 86 valence electrons. The third-order valence-electron chi connectivity index (χ3n) is 2.70. The fourth-order valence-corrected chi connectivity index (χ4v) is 1.70. The van der Waals surface area contributed by atoms with Crippen molar-refractivity contribution < 1.29 is 9.59 Å². The van der Waals surface area contributed by atoms with E-state index in [9.17, 15) is 9.59 Å². The molecule has 0 aromatic heterocycles. The Kier molecular flexibility index (Phi) is 3.48. The summed E-state index contributed by atoms with van der Waals surface area (Å²) in [6, 6.07) is 0. The minimum Gasteiger partial charge on any atom is -0.292 e. The number of rotatable bonds is 1. The van der Waals surface area contributed by atoms with Gasteiger partial charge in [-0.25, -0.2) is 0 Å². The molecule has 0 aromatic carbocycles. The molecule has 3 nitrogen and oxygen atoms in total. The molecule has 0 spiro atoms. The lowest BCUT2D eigenvalue weighted by Gasteiger charge is -2.19. The summed E-state index contributed by atoms with van der Waals surface area (Å²) in [5.41, 5.74) is 0.846. The Bertz CT molecular complexity index is 400. The summed E-state index contributed by atoms with van der Waals surface area (Å²) >= 11 is 0. The van der Waals surface area contributed by atoms with Gasteiger partial charge in [-0.05, 0) is 25.0 Å². The quantitative estimate of drug-likeness (QED) is 0.542. The number of allylic oxidation sites excluding steroid dienone is 3. The summed E-state index contributed by atoms with van der Waals surface area (Å²) in [7, 11) is 0. The lowest BCUT2D eigenvalue weighted by molar-refractivity contribution is -0.133. The average molecular weight is 219 g/mol. The number of carbonyl (C=O) groups excluding carboxylic acids is 2. The van der Waals surface area contributed by atoms with Crippen LogP contribution in [0.2, 0.25) is 0 Å². The lowest BCUT2D eigenvalue weighted by atomic mass is 9.84. The van der Waals surface area contributed by atoms with Crippen LogP contribution in [0, 0.1) is 5.41 Å². The Morgan fingerprint density at radius 1 is 1.38 bits per heavy atom. The van der Waals surface area contributed by atoms with E-state index in [2.05, 4.69) is 11.9 Å². The standard InChI is InChI=1S/C13H17NO2/c1-5-7-10-9(6-2)8-13(3,4)12(16)14-11(10)15/h5-7H,1,8H2,2-4H3,(H,14,15,16)/b9-6-,10-7+. The fraction of sp³-hybridized carbons (Fsp3) is 0.385. The maximum atomic E-state index is 11.8. The predicted octanol–water partition coefficient (Wildman–Crippen LogP) is 2.12. The van der Waals surface area contributed by atoms with Gasteiger partial charge >= 0.3 is 0 Å². The van der Waals surface area contributed by atoms with Crippen LogP contribution in [0.15, 0.2) is 36.0 Å². The summed E-state index contributed by atoms with van der Waals surface area (Å²) in [5.74, 6) is -0.576. The molecular formula is C13H17NO2. The Hall–Kier alpha value is -1.64. The van der Waals surface area contributed by atoms with Gasteiger partial charge in [0.15, 0.2) is 0 Å². The maximum absolute atomic E-state index is 11.8. The van der Waals surface area contributed by atoms with Crippen LogP contribution >= 0.6 is 0 Å². The largest absolute Gasteiger partial charge is 0.292 e. The van der Waals surface area contributed by atoms with Gasteiger partial charge in [-0.1, -0.05) is 32.6 Å². The van der Waals surface area contributed by atoms with Crippen molar-refractivity contribution in [2.24, 2.45) is 5.41 Å². The average Bonchev–Trinajstić information content (AvgIpc) is 2.29. The molecule has 16 heavy (non-hydrogen) atoms. The van der Waals surface area contributed by atoms with Gasteiger partial charge in [0.05, 0.1) is 0 Å². The van der Waals surface area contributed by atoms with E-state index in [1.54, 1.807) is 12.2 Å². The number of nitrogens with one attached hydrogen (secondary N) is 1. The first-order valence-corrected chi connectivity index (χ1v) is 5.26. The van der Waals surface area contributed by atoms with Crippen molar-refractivity contribution in [3.63, 3.8) is 0 Å². The number of carbonyl (C=O) groups is 2. The molecule has 1 rings (SSSR count). The Morgan fingerprint density at radius 2 is 2.00 bits per heavy atom. The molecule has 1 fully saturated rings. The predicted molar refractivity (Wildman–Crippen MR) is 63.6 cm³/mol. The van der Waals surface area contributed by atoms with Gasteiger partial charge in [0.2, 0.25) is 5.91 Å². The van der Waals surface area contributed by atoms with Gasteiger partial charge in [0.25, 0.3) is 5.91 Å². The molecule has 0 aliphatic carbocycles. The molecule has 0 bridgehead atoms. The van der Waals surface area contributed by atoms with Crippen LogP contribution < -0.4 is 5.32 Å². The lowest BCUT2D eigenvalue weighted by Crippen LogP contribution is -2.38. The molecule has 1 aliphatic heterocycles. The van der Waals surface area contributed by atoms with E-state index in [4.69, 9.17) is 0 Å². The number of hydrogen-bond acceptors (Lipinski definition) is 2. The second kappa shape index (κ2) is 4.47. The smallest absolute Gasteiger partial charge is 0.258 e. The summed E-state index contributed by atoms with van der Waals surface area (Å²) in [5, 5.41) is 2.40. The first kappa shape index (κ1) is 12.4. The molecule has 2 amide bonds.